The molecule has 4 rings (SSSR count). The molecule has 1 aliphatic heterocycles. The minimum Gasteiger partial charge on any atom is -0.507 e. The van der Waals surface area contributed by atoms with Crippen LogP contribution in [0.2, 0.25) is 0 Å². The van der Waals surface area contributed by atoms with Gasteiger partial charge >= 0.3 is 6.03 Å². The molecule has 8 nitrogen and oxygen atoms in total. The van der Waals surface area contributed by atoms with Crippen molar-refractivity contribution < 1.29 is 23.8 Å². The lowest BCUT2D eigenvalue weighted by atomic mass is 10.1. The largest absolute Gasteiger partial charge is 0.507 e. The summed E-state index contributed by atoms with van der Waals surface area (Å²) in [6, 6.07) is 7.19. The van der Waals surface area contributed by atoms with E-state index in [1.54, 1.807) is 18.2 Å². The third-order valence-electron chi connectivity index (χ3n) is 4.21. The van der Waals surface area contributed by atoms with E-state index in [9.17, 15) is 19.5 Å². The van der Waals surface area contributed by atoms with Gasteiger partial charge < -0.3 is 19.6 Å². The number of imide groups is 1. The van der Waals surface area contributed by atoms with Crippen molar-refractivity contribution in [3.63, 3.8) is 0 Å². The molecule has 3 aromatic rings. The first-order valence-corrected chi connectivity index (χ1v) is 8.83. The Hall–Kier alpha value is -3.07. The molecule has 2 N–H and O–H groups in total. The SMILES string of the molecule is O=C(COc1cc(O)c2c(=O)c3cc(Br)ccc3oc2c1)N1CCNC1=O. The van der Waals surface area contributed by atoms with Crippen molar-refractivity contribution in [3.05, 3.63) is 45.0 Å². The Kier molecular flexibility index (Phi) is 4.23. The number of halogens is 1. The fourth-order valence-corrected chi connectivity index (χ4v) is 3.28. The Morgan fingerprint density at radius 3 is 2.81 bits per heavy atom. The van der Waals surface area contributed by atoms with Gasteiger partial charge in [0.05, 0.1) is 5.39 Å². The molecule has 2 aromatic carbocycles. The number of carbonyl (C=O) groups is 2. The lowest BCUT2D eigenvalue weighted by molar-refractivity contribution is -0.129. The van der Waals surface area contributed by atoms with Gasteiger partial charge in [0.25, 0.3) is 5.91 Å². The second kappa shape index (κ2) is 6.58. The molecule has 0 bridgehead atoms. The van der Waals surface area contributed by atoms with E-state index >= 15 is 0 Å². The second-order valence-electron chi connectivity index (χ2n) is 5.95. The van der Waals surface area contributed by atoms with Gasteiger partial charge in [0.2, 0.25) is 5.43 Å². The van der Waals surface area contributed by atoms with Crippen LogP contribution in [0.5, 0.6) is 11.5 Å². The highest BCUT2D eigenvalue weighted by Gasteiger charge is 2.26. The normalized spacial score (nSPS) is 14.0. The zero-order valence-electron chi connectivity index (χ0n) is 13.8. The number of hydrogen-bond donors (Lipinski definition) is 2. The molecular weight excluding hydrogens is 420 g/mol. The monoisotopic (exact) mass is 432 g/mol. The number of fused-ring (bicyclic) bond motifs is 2. The van der Waals surface area contributed by atoms with E-state index in [4.69, 9.17) is 9.15 Å². The highest BCUT2D eigenvalue weighted by Crippen LogP contribution is 2.31. The van der Waals surface area contributed by atoms with E-state index in [1.165, 1.54) is 12.1 Å². The van der Waals surface area contributed by atoms with Crippen molar-refractivity contribution in [2.75, 3.05) is 19.7 Å². The average Bonchev–Trinajstić information content (AvgIpc) is 3.06. The molecule has 0 aliphatic carbocycles. The van der Waals surface area contributed by atoms with Crippen LogP contribution in [-0.2, 0) is 4.79 Å². The number of nitrogens with one attached hydrogen (secondary N) is 1. The topological polar surface area (TPSA) is 109 Å². The zero-order chi connectivity index (χ0) is 19.1. The number of carbonyl (C=O) groups excluding carboxylic acids is 2. The number of ether oxygens (including phenoxy) is 1. The summed E-state index contributed by atoms with van der Waals surface area (Å²) in [7, 11) is 0. The summed E-state index contributed by atoms with van der Waals surface area (Å²) in [5, 5.41) is 13.2. The van der Waals surface area contributed by atoms with E-state index in [1.807, 2.05) is 0 Å². The maximum atomic E-state index is 12.7. The van der Waals surface area contributed by atoms with Gasteiger partial charge in [0.15, 0.2) is 6.61 Å². The fourth-order valence-electron chi connectivity index (χ4n) is 2.92. The molecule has 3 amide bonds. The molecule has 0 saturated carbocycles. The number of hydrogen-bond acceptors (Lipinski definition) is 6. The van der Waals surface area contributed by atoms with E-state index in [-0.39, 0.29) is 41.0 Å². The molecule has 9 heteroatoms. The van der Waals surface area contributed by atoms with Gasteiger partial charge in [-0.05, 0) is 18.2 Å². The number of amides is 3. The first-order chi connectivity index (χ1) is 12.9. The standard InChI is InChI=1S/C18H13BrN2O6/c19-9-1-2-13-11(5-9)17(24)16-12(22)6-10(7-14(16)27-13)26-8-15(23)21-4-3-20-18(21)25/h1-2,5-7,22H,3-4,8H2,(H,20,25). The summed E-state index contributed by atoms with van der Waals surface area (Å²) in [5.41, 5.74) is 0.120. The van der Waals surface area contributed by atoms with E-state index in [2.05, 4.69) is 21.2 Å². The second-order valence-corrected chi connectivity index (χ2v) is 6.87. The van der Waals surface area contributed by atoms with Gasteiger partial charge in [-0.25, -0.2) is 4.79 Å². The number of aromatic hydroxyl groups is 1. The Morgan fingerprint density at radius 1 is 1.26 bits per heavy atom. The van der Waals surface area contributed by atoms with E-state index in [0.29, 0.717) is 22.0 Å². The van der Waals surface area contributed by atoms with Gasteiger partial charge in [-0.3, -0.25) is 14.5 Å². The maximum Gasteiger partial charge on any atom is 0.324 e. The smallest absolute Gasteiger partial charge is 0.324 e. The van der Waals surface area contributed by atoms with Crippen LogP contribution in [0.15, 0.2) is 44.0 Å². The lowest BCUT2D eigenvalue weighted by Crippen LogP contribution is -2.37. The fraction of sp³-hybridized carbons (Fsp3) is 0.167. The van der Waals surface area contributed by atoms with Crippen LogP contribution in [-0.4, -0.2) is 41.6 Å². The van der Waals surface area contributed by atoms with Gasteiger partial charge in [-0.1, -0.05) is 15.9 Å². The molecular formula is C18H13BrN2O6. The third-order valence-corrected chi connectivity index (χ3v) is 4.70. The van der Waals surface area contributed by atoms with Crippen molar-refractivity contribution in [2.45, 2.75) is 0 Å². The van der Waals surface area contributed by atoms with E-state index in [0.717, 1.165) is 4.90 Å². The summed E-state index contributed by atoms with van der Waals surface area (Å²) in [6.45, 7) is 0.291. The number of phenols is 1. The first kappa shape index (κ1) is 17.3. The Morgan fingerprint density at radius 2 is 2.07 bits per heavy atom. The molecule has 1 fully saturated rings. The van der Waals surface area contributed by atoms with E-state index < -0.39 is 11.9 Å². The molecule has 0 radical (unpaired) electrons. The lowest BCUT2D eigenvalue weighted by Gasteiger charge is -2.13. The summed E-state index contributed by atoms with van der Waals surface area (Å²) < 4.78 is 11.8. The van der Waals surface area contributed by atoms with Gasteiger partial charge in [-0.2, -0.15) is 0 Å². The Bertz CT molecular complexity index is 1160. The maximum absolute atomic E-state index is 12.7. The highest BCUT2D eigenvalue weighted by molar-refractivity contribution is 9.10. The quantitative estimate of drug-likeness (QED) is 0.614. The van der Waals surface area contributed by atoms with Gasteiger partial charge in [-0.15, -0.1) is 0 Å². The predicted molar refractivity (Wildman–Crippen MR) is 100.0 cm³/mol. The molecule has 0 atom stereocenters. The third kappa shape index (κ3) is 3.10. The first-order valence-electron chi connectivity index (χ1n) is 8.04. The summed E-state index contributed by atoms with van der Waals surface area (Å²) >= 11 is 3.30. The molecule has 1 aromatic heterocycles. The molecule has 1 aliphatic rings. The van der Waals surface area contributed by atoms with Crippen LogP contribution in [0.3, 0.4) is 0 Å². The van der Waals surface area contributed by atoms with Crippen molar-refractivity contribution in [3.8, 4) is 11.5 Å². The van der Waals surface area contributed by atoms with Crippen molar-refractivity contribution >= 4 is 49.8 Å². The Labute approximate surface area is 160 Å². The predicted octanol–water partition coefficient (Wildman–Crippen LogP) is 2.34. The number of urea groups is 1. The Balaban J connectivity index is 1.68. The van der Waals surface area contributed by atoms with Crippen LogP contribution >= 0.6 is 15.9 Å². The average molecular weight is 433 g/mol. The van der Waals surface area contributed by atoms with Crippen LogP contribution in [0.25, 0.3) is 21.9 Å². The van der Waals surface area contributed by atoms with Crippen LogP contribution in [0, 0.1) is 0 Å². The minimum absolute atomic E-state index is 0.0261. The van der Waals surface area contributed by atoms with Crippen LogP contribution < -0.4 is 15.5 Å². The number of benzene rings is 2. The number of rotatable bonds is 3. The van der Waals surface area contributed by atoms with Crippen LogP contribution in [0.4, 0.5) is 4.79 Å². The minimum atomic E-state index is -0.505. The molecule has 0 unspecified atom stereocenters. The molecule has 1 saturated heterocycles. The summed E-state index contributed by atoms with van der Waals surface area (Å²) in [4.78, 5) is 37.2. The van der Waals surface area contributed by atoms with Crippen LogP contribution in [0.1, 0.15) is 0 Å². The van der Waals surface area contributed by atoms with Crippen molar-refractivity contribution in [2.24, 2.45) is 0 Å². The molecule has 2 heterocycles. The number of nitrogens with zero attached hydrogens (tertiary/aromatic N) is 1. The molecule has 0 spiro atoms. The molecule has 138 valence electrons. The van der Waals surface area contributed by atoms with Gasteiger partial charge in [0, 0.05) is 29.7 Å². The van der Waals surface area contributed by atoms with Crippen molar-refractivity contribution in [1.29, 1.82) is 0 Å². The van der Waals surface area contributed by atoms with Gasteiger partial charge in [0.1, 0.15) is 28.1 Å². The number of phenolic OH excluding ortho intramolecular Hbond substituents is 1. The zero-order valence-corrected chi connectivity index (χ0v) is 15.4. The summed E-state index contributed by atoms with van der Waals surface area (Å²) in [6.07, 6.45) is 0. The molecule has 27 heavy (non-hydrogen) atoms. The summed E-state index contributed by atoms with van der Waals surface area (Å²) in [5.74, 6) is -0.675. The van der Waals surface area contributed by atoms with Crippen molar-refractivity contribution in [1.82, 2.24) is 10.2 Å². The highest BCUT2D eigenvalue weighted by atomic mass is 79.9.